The summed E-state index contributed by atoms with van der Waals surface area (Å²) in [6.07, 6.45) is -0.985. The van der Waals surface area contributed by atoms with Crippen molar-refractivity contribution < 1.29 is 19.1 Å². The van der Waals surface area contributed by atoms with Gasteiger partial charge in [0.05, 0.1) is 0 Å². The van der Waals surface area contributed by atoms with Crippen LogP contribution in [0.5, 0.6) is 0 Å². The molecule has 0 aromatic heterocycles. The Hall–Kier alpha value is -3.15. The third kappa shape index (κ3) is 6.75. The number of ether oxygens (including phenoxy) is 1. The maximum atomic E-state index is 12.2. The van der Waals surface area contributed by atoms with Crippen LogP contribution in [0.4, 0.5) is 5.69 Å². The van der Waals surface area contributed by atoms with Crippen LogP contribution in [0.3, 0.4) is 0 Å². The topological polar surface area (TPSA) is 84.5 Å². The molecular formula is C23H28N2O4. The third-order valence-electron chi connectivity index (χ3n) is 4.40. The van der Waals surface area contributed by atoms with E-state index in [4.69, 9.17) is 4.74 Å². The van der Waals surface area contributed by atoms with Crippen LogP contribution in [0, 0.1) is 6.92 Å². The van der Waals surface area contributed by atoms with E-state index in [9.17, 15) is 14.4 Å². The first kappa shape index (κ1) is 22.1. The molecule has 0 aliphatic heterocycles. The molecule has 154 valence electrons. The molecule has 2 aromatic rings. The predicted molar refractivity (Wildman–Crippen MR) is 113 cm³/mol. The zero-order chi connectivity index (χ0) is 21.6. The zero-order valence-corrected chi connectivity index (χ0v) is 17.5. The second-order valence-electron chi connectivity index (χ2n) is 8.00. The number of nitrogens with one attached hydrogen (secondary N) is 2. The molecule has 0 spiro atoms. The van der Waals surface area contributed by atoms with Crippen LogP contribution in [0.15, 0.2) is 48.5 Å². The molecule has 0 unspecified atom stereocenters. The molecule has 2 amide bonds. The molecule has 6 heteroatoms. The summed E-state index contributed by atoms with van der Waals surface area (Å²) in [6.45, 7) is 9.42. The fourth-order valence-electron chi connectivity index (χ4n) is 2.55. The van der Waals surface area contributed by atoms with Crippen molar-refractivity contribution in [3.63, 3.8) is 0 Å². The predicted octanol–water partition coefficient (Wildman–Crippen LogP) is 3.59. The van der Waals surface area contributed by atoms with E-state index in [1.165, 1.54) is 6.92 Å². The van der Waals surface area contributed by atoms with Gasteiger partial charge in [0.25, 0.3) is 11.8 Å². The highest BCUT2D eigenvalue weighted by molar-refractivity contribution is 5.97. The van der Waals surface area contributed by atoms with Crippen molar-refractivity contribution in [3.05, 3.63) is 65.2 Å². The SMILES string of the molecule is Cc1ccc(C(=O)NCC(=O)O[C@H](C)C(=O)Nc2ccc(C(C)(C)C)cc2)cc1. The van der Waals surface area contributed by atoms with Gasteiger partial charge in [-0.1, -0.05) is 50.6 Å². The Labute approximate surface area is 171 Å². The van der Waals surface area contributed by atoms with Gasteiger partial charge in [0.2, 0.25) is 0 Å². The molecule has 0 bridgehead atoms. The number of hydrogen-bond acceptors (Lipinski definition) is 4. The summed E-state index contributed by atoms with van der Waals surface area (Å²) < 4.78 is 5.10. The van der Waals surface area contributed by atoms with Crippen LogP contribution in [0.2, 0.25) is 0 Å². The zero-order valence-electron chi connectivity index (χ0n) is 17.5. The van der Waals surface area contributed by atoms with Crippen molar-refractivity contribution in [2.24, 2.45) is 0 Å². The van der Waals surface area contributed by atoms with E-state index in [1.807, 2.05) is 43.3 Å². The molecule has 6 nitrogen and oxygen atoms in total. The smallest absolute Gasteiger partial charge is 0.326 e. The van der Waals surface area contributed by atoms with Gasteiger partial charge in [0.1, 0.15) is 6.54 Å². The van der Waals surface area contributed by atoms with E-state index in [0.717, 1.165) is 11.1 Å². The molecule has 2 N–H and O–H groups in total. The Morgan fingerprint density at radius 1 is 0.966 bits per heavy atom. The molecular weight excluding hydrogens is 368 g/mol. The van der Waals surface area contributed by atoms with Crippen LogP contribution in [-0.2, 0) is 19.7 Å². The first-order chi connectivity index (χ1) is 13.6. The second-order valence-corrected chi connectivity index (χ2v) is 8.00. The highest BCUT2D eigenvalue weighted by Crippen LogP contribution is 2.23. The van der Waals surface area contributed by atoms with Gasteiger partial charge in [-0.2, -0.15) is 0 Å². The van der Waals surface area contributed by atoms with Gasteiger partial charge in [-0.3, -0.25) is 14.4 Å². The van der Waals surface area contributed by atoms with Crippen LogP contribution in [-0.4, -0.2) is 30.4 Å². The number of carbonyl (C=O) groups is 3. The molecule has 0 aliphatic rings. The Balaban J connectivity index is 1.81. The van der Waals surface area contributed by atoms with E-state index in [-0.39, 0.29) is 17.9 Å². The minimum absolute atomic E-state index is 0.0222. The van der Waals surface area contributed by atoms with Crippen LogP contribution >= 0.6 is 0 Å². The number of anilines is 1. The Kier molecular flexibility index (Phi) is 7.15. The normalized spacial score (nSPS) is 12.0. The average Bonchev–Trinajstić information content (AvgIpc) is 2.66. The summed E-state index contributed by atoms with van der Waals surface area (Å²) >= 11 is 0. The molecule has 0 aliphatic carbocycles. The lowest BCUT2D eigenvalue weighted by Crippen LogP contribution is -2.35. The van der Waals surface area contributed by atoms with Crippen LogP contribution in [0.1, 0.15) is 49.2 Å². The maximum Gasteiger partial charge on any atom is 0.326 e. The summed E-state index contributed by atoms with van der Waals surface area (Å²) in [4.78, 5) is 36.2. The monoisotopic (exact) mass is 396 g/mol. The van der Waals surface area contributed by atoms with Crippen molar-refractivity contribution in [1.82, 2.24) is 5.32 Å². The minimum Gasteiger partial charge on any atom is -0.451 e. The van der Waals surface area contributed by atoms with Gasteiger partial charge in [0, 0.05) is 11.3 Å². The minimum atomic E-state index is -0.985. The van der Waals surface area contributed by atoms with Crippen molar-refractivity contribution in [1.29, 1.82) is 0 Å². The van der Waals surface area contributed by atoms with Gasteiger partial charge < -0.3 is 15.4 Å². The number of esters is 1. The van der Waals surface area contributed by atoms with Gasteiger partial charge in [-0.05, 0) is 49.1 Å². The summed E-state index contributed by atoms with van der Waals surface area (Å²) in [7, 11) is 0. The van der Waals surface area contributed by atoms with Gasteiger partial charge in [0.15, 0.2) is 6.10 Å². The molecule has 0 fully saturated rings. The fourth-order valence-corrected chi connectivity index (χ4v) is 2.55. The standard InChI is InChI=1S/C23H28N2O4/c1-15-6-8-17(9-7-15)22(28)24-14-20(26)29-16(2)21(27)25-19-12-10-18(11-13-19)23(3,4)5/h6-13,16H,14H2,1-5H3,(H,24,28)(H,25,27)/t16-/m1/s1. The fraction of sp³-hybridized carbons (Fsp3) is 0.348. The molecule has 29 heavy (non-hydrogen) atoms. The number of rotatable bonds is 6. The number of aryl methyl sites for hydroxylation is 1. The quantitative estimate of drug-likeness (QED) is 0.731. The van der Waals surface area contributed by atoms with Crippen molar-refractivity contribution in [3.8, 4) is 0 Å². The van der Waals surface area contributed by atoms with Crippen molar-refractivity contribution >= 4 is 23.5 Å². The molecule has 0 heterocycles. The molecule has 0 saturated carbocycles. The maximum absolute atomic E-state index is 12.2. The lowest BCUT2D eigenvalue weighted by molar-refractivity contribution is -0.152. The lowest BCUT2D eigenvalue weighted by atomic mass is 9.87. The van der Waals surface area contributed by atoms with E-state index < -0.39 is 18.0 Å². The summed E-state index contributed by atoms with van der Waals surface area (Å²) in [5.41, 5.74) is 3.29. The number of hydrogen-bond donors (Lipinski definition) is 2. The molecule has 2 rings (SSSR count). The first-order valence-corrected chi connectivity index (χ1v) is 9.52. The van der Waals surface area contributed by atoms with E-state index >= 15 is 0 Å². The molecule has 2 aromatic carbocycles. The molecule has 0 radical (unpaired) electrons. The molecule has 1 atom stereocenters. The lowest BCUT2D eigenvalue weighted by Gasteiger charge is -2.19. The van der Waals surface area contributed by atoms with Crippen LogP contribution < -0.4 is 10.6 Å². The average molecular weight is 396 g/mol. The highest BCUT2D eigenvalue weighted by atomic mass is 16.5. The summed E-state index contributed by atoms with van der Waals surface area (Å²) in [5.74, 6) is -1.50. The van der Waals surface area contributed by atoms with Crippen molar-refractivity contribution in [2.45, 2.75) is 46.1 Å². The Bertz CT molecular complexity index is 865. The van der Waals surface area contributed by atoms with E-state index in [2.05, 4.69) is 31.4 Å². The van der Waals surface area contributed by atoms with E-state index in [0.29, 0.717) is 11.3 Å². The second kappa shape index (κ2) is 9.37. The van der Waals surface area contributed by atoms with Gasteiger partial charge >= 0.3 is 5.97 Å². The number of carbonyl (C=O) groups excluding carboxylic acids is 3. The summed E-state index contributed by atoms with van der Waals surface area (Å²) in [5, 5.41) is 5.21. The van der Waals surface area contributed by atoms with Gasteiger partial charge in [-0.15, -0.1) is 0 Å². The third-order valence-corrected chi connectivity index (χ3v) is 4.40. The number of benzene rings is 2. The molecule has 0 saturated heterocycles. The number of amides is 2. The van der Waals surface area contributed by atoms with Gasteiger partial charge in [-0.25, -0.2) is 0 Å². The highest BCUT2D eigenvalue weighted by Gasteiger charge is 2.19. The first-order valence-electron chi connectivity index (χ1n) is 9.52. The van der Waals surface area contributed by atoms with Crippen LogP contribution in [0.25, 0.3) is 0 Å². The largest absolute Gasteiger partial charge is 0.451 e. The Morgan fingerprint density at radius 2 is 1.55 bits per heavy atom. The summed E-state index contributed by atoms with van der Waals surface area (Å²) in [6, 6.07) is 14.5. The Morgan fingerprint density at radius 3 is 2.10 bits per heavy atom. The van der Waals surface area contributed by atoms with Crippen molar-refractivity contribution in [2.75, 3.05) is 11.9 Å². The van der Waals surface area contributed by atoms with E-state index in [1.54, 1.807) is 12.1 Å².